The van der Waals surface area contributed by atoms with Gasteiger partial charge >= 0.3 is 0 Å². The number of aryl methyl sites for hydroxylation is 1. The number of amides is 2. The summed E-state index contributed by atoms with van der Waals surface area (Å²) in [6.45, 7) is 2.98. The normalized spacial score (nSPS) is 18.4. The summed E-state index contributed by atoms with van der Waals surface area (Å²) in [4.78, 5) is 32.9. The number of carbonyl (C=O) groups is 2. The fraction of sp³-hybridized carbons (Fsp3) is 0.407. The van der Waals surface area contributed by atoms with Crippen LogP contribution in [0.2, 0.25) is 0 Å². The Morgan fingerprint density at radius 3 is 2.47 bits per heavy atom. The third kappa shape index (κ3) is 4.53. The standard InChI is InChI=1S/C27H31N3O4/c1-33-20-10-8-19(9-11-20)26-22(21-5-2-3-6-23(21)28-26)12-13-25(31)29-14-16-30(17-15-29)27(32)24-7-4-18-34-24/h2-3,5-6,8-11,24,28H,4,7,12-18H2,1H3. The van der Waals surface area contributed by atoms with E-state index in [1.807, 2.05) is 46.2 Å². The van der Waals surface area contributed by atoms with Crippen LogP contribution in [0.1, 0.15) is 24.8 Å². The van der Waals surface area contributed by atoms with E-state index >= 15 is 0 Å². The molecule has 1 unspecified atom stereocenters. The van der Waals surface area contributed by atoms with E-state index in [1.165, 1.54) is 0 Å². The molecule has 7 nitrogen and oxygen atoms in total. The van der Waals surface area contributed by atoms with Crippen molar-refractivity contribution < 1.29 is 19.1 Å². The number of nitrogens with one attached hydrogen (secondary N) is 1. The third-order valence-corrected chi connectivity index (χ3v) is 6.93. The lowest BCUT2D eigenvalue weighted by Gasteiger charge is -2.35. The van der Waals surface area contributed by atoms with Crippen molar-refractivity contribution in [1.82, 2.24) is 14.8 Å². The van der Waals surface area contributed by atoms with Gasteiger partial charge in [0.1, 0.15) is 11.9 Å². The third-order valence-electron chi connectivity index (χ3n) is 6.93. The SMILES string of the molecule is COc1ccc(-c2[nH]c3ccccc3c2CCC(=O)N2CCN(C(=O)C3CCCO3)CC2)cc1. The highest BCUT2D eigenvalue weighted by Gasteiger charge is 2.31. The number of carbonyl (C=O) groups excluding carboxylic acids is 2. The number of hydrogen-bond acceptors (Lipinski definition) is 4. The summed E-state index contributed by atoms with van der Waals surface area (Å²) in [6.07, 6.45) is 2.55. The number of methoxy groups -OCH3 is 1. The minimum Gasteiger partial charge on any atom is -0.497 e. The Balaban J connectivity index is 1.26. The van der Waals surface area contributed by atoms with Crippen LogP contribution in [-0.2, 0) is 20.7 Å². The Bertz CT molecular complexity index is 1160. The largest absolute Gasteiger partial charge is 0.497 e. The van der Waals surface area contributed by atoms with E-state index in [0.717, 1.165) is 46.3 Å². The molecule has 2 fully saturated rings. The smallest absolute Gasteiger partial charge is 0.251 e. The van der Waals surface area contributed by atoms with Crippen LogP contribution in [-0.4, -0.2) is 72.6 Å². The van der Waals surface area contributed by atoms with Crippen LogP contribution in [0.4, 0.5) is 0 Å². The number of aromatic amines is 1. The summed E-state index contributed by atoms with van der Waals surface area (Å²) < 4.78 is 10.8. The second-order valence-corrected chi connectivity index (χ2v) is 8.96. The van der Waals surface area contributed by atoms with Gasteiger partial charge in [-0.05, 0) is 60.7 Å². The van der Waals surface area contributed by atoms with E-state index < -0.39 is 0 Å². The maximum Gasteiger partial charge on any atom is 0.251 e. The average molecular weight is 462 g/mol. The average Bonchev–Trinajstić information content (AvgIpc) is 3.55. The van der Waals surface area contributed by atoms with Crippen LogP contribution in [0.25, 0.3) is 22.2 Å². The molecule has 0 saturated carbocycles. The molecule has 5 rings (SSSR count). The van der Waals surface area contributed by atoms with Crippen molar-refractivity contribution >= 4 is 22.7 Å². The van der Waals surface area contributed by atoms with Crippen molar-refractivity contribution in [2.24, 2.45) is 0 Å². The minimum absolute atomic E-state index is 0.0764. The lowest BCUT2D eigenvalue weighted by Crippen LogP contribution is -2.52. The van der Waals surface area contributed by atoms with Crippen LogP contribution in [0.3, 0.4) is 0 Å². The van der Waals surface area contributed by atoms with Crippen molar-refractivity contribution in [3.8, 4) is 17.0 Å². The molecule has 0 aliphatic carbocycles. The Kier molecular flexibility index (Phi) is 6.54. The number of rotatable bonds is 6. The van der Waals surface area contributed by atoms with Crippen LogP contribution in [0, 0.1) is 0 Å². The van der Waals surface area contributed by atoms with Crippen molar-refractivity contribution in [2.75, 3.05) is 39.9 Å². The van der Waals surface area contributed by atoms with Gasteiger partial charge in [0.05, 0.1) is 7.11 Å². The minimum atomic E-state index is -0.291. The molecular formula is C27H31N3O4. The summed E-state index contributed by atoms with van der Waals surface area (Å²) >= 11 is 0. The number of fused-ring (bicyclic) bond motifs is 1. The Labute approximate surface area is 199 Å². The van der Waals surface area contributed by atoms with Crippen LogP contribution >= 0.6 is 0 Å². The molecule has 3 aromatic rings. The van der Waals surface area contributed by atoms with Gasteiger partial charge in [0.25, 0.3) is 5.91 Å². The Morgan fingerprint density at radius 2 is 1.76 bits per heavy atom. The maximum atomic E-state index is 13.1. The number of hydrogen-bond donors (Lipinski definition) is 1. The number of nitrogens with zero attached hydrogens (tertiary/aromatic N) is 2. The highest BCUT2D eigenvalue weighted by atomic mass is 16.5. The fourth-order valence-corrected chi connectivity index (χ4v) is 5.01. The molecule has 7 heteroatoms. The molecule has 1 aromatic heterocycles. The lowest BCUT2D eigenvalue weighted by molar-refractivity contribution is -0.146. The van der Waals surface area contributed by atoms with Gasteiger partial charge in [-0.15, -0.1) is 0 Å². The van der Waals surface area contributed by atoms with Crippen LogP contribution in [0.15, 0.2) is 48.5 Å². The van der Waals surface area contributed by atoms with Crippen molar-refractivity contribution in [3.05, 3.63) is 54.1 Å². The molecule has 0 spiro atoms. The summed E-state index contributed by atoms with van der Waals surface area (Å²) in [5.74, 6) is 1.02. The molecule has 34 heavy (non-hydrogen) atoms. The first kappa shape index (κ1) is 22.5. The fourth-order valence-electron chi connectivity index (χ4n) is 5.01. The van der Waals surface area contributed by atoms with Gasteiger partial charge in [-0.2, -0.15) is 0 Å². The van der Waals surface area contributed by atoms with Gasteiger partial charge in [-0.1, -0.05) is 18.2 Å². The molecule has 2 aromatic carbocycles. The molecule has 0 radical (unpaired) electrons. The maximum absolute atomic E-state index is 13.1. The molecule has 1 atom stereocenters. The molecule has 1 N–H and O–H groups in total. The Hall–Kier alpha value is -3.32. The summed E-state index contributed by atoms with van der Waals surface area (Å²) in [6, 6.07) is 16.2. The molecule has 2 amide bonds. The predicted molar refractivity (Wildman–Crippen MR) is 131 cm³/mol. The number of benzene rings is 2. The summed E-state index contributed by atoms with van der Waals surface area (Å²) in [5, 5.41) is 1.15. The van der Waals surface area contributed by atoms with Gasteiger partial charge < -0.3 is 24.3 Å². The van der Waals surface area contributed by atoms with E-state index in [0.29, 0.717) is 45.6 Å². The first-order chi connectivity index (χ1) is 16.6. The first-order valence-corrected chi connectivity index (χ1v) is 12.1. The molecule has 178 valence electrons. The predicted octanol–water partition coefficient (Wildman–Crippen LogP) is 3.63. The van der Waals surface area contributed by atoms with E-state index in [9.17, 15) is 9.59 Å². The number of aromatic nitrogens is 1. The monoisotopic (exact) mass is 461 g/mol. The van der Waals surface area contributed by atoms with Crippen molar-refractivity contribution in [2.45, 2.75) is 31.8 Å². The number of ether oxygens (including phenoxy) is 2. The summed E-state index contributed by atoms with van der Waals surface area (Å²) in [7, 11) is 1.66. The van der Waals surface area contributed by atoms with E-state index in [-0.39, 0.29) is 17.9 Å². The molecule has 2 aliphatic rings. The highest BCUT2D eigenvalue weighted by molar-refractivity contribution is 5.91. The molecule has 0 bridgehead atoms. The lowest BCUT2D eigenvalue weighted by atomic mass is 10.0. The zero-order valence-electron chi connectivity index (χ0n) is 19.6. The van der Waals surface area contributed by atoms with Gasteiger partial charge in [0, 0.05) is 55.8 Å². The second-order valence-electron chi connectivity index (χ2n) is 8.96. The number of para-hydroxylation sites is 1. The van der Waals surface area contributed by atoms with Gasteiger partial charge in [-0.3, -0.25) is 9.59 Å². The summed E-state index contributed by atoms with van der Waals surface area (Å²) in [5.41, 5.74) is 4.34. The van der Waals surface area contributed by atoms with Gasteiger partial charge in [0.15, 0.2) is 0 Å². The van der Waals surface area contributed by atoms with Crippen LogP contribution in [0.5, 0.6) is 5.75 Å². The van der Waals surface area contributed by atoms with Gasteiger partial charge in [-0.25, -0.2) is 0 Å². The zero-order chi connectivity index (χ0) is 23.5. The zero-order valence-corrected chi connectivity index (χ0v) is 19.6. The molecule has 2 aliphatic heterocycles. The van der Waals surface area contributed by atoms with Crippen molar-refractivity contribution in [1.29, 1.82) is 0 Å². The first-order valence-electron chi connectivity index (χ1n) is 12.1. The Morgan fingerprint density at radius 1 is 1.03 bits per heavy atom. The highest BCUT2D eigenvalue weighted by Crippen LogP contribution is 2.32. The molecule has 3 heterocycles. The number of H-pyrrole nitrogens is 1. The van der Waals surface area contributed by atoms with Crippen LogP contribution < -0.4 is 4.74 Å². The quantitative estimate of drug-likeness (QED) is 0.608. The van der Waals surface area contributed by atoms with Crippen molar-refractivity contribution in [3.63, 3.8) is 0 Å². The number of piperazine rings is 1. The molecular weight excluding hydrogens is 430 g/mol. The second kappa shape index (κ2) is 9.89. The van der Waals surface area contributed by atoms with Gasteiger partial charge in [0.2, 0.25) is 5.91 Å². The molecule has 2 saturated heterocycles. The van der Waals surface area contributed by atoms with E-state index in [1.54, 1.807) is 7.11 Å². The van der Waals surface area contributed by atoms with E-state index in [4.69, 9.17) is 9.47 Å². The van der Waals surface area contributed by atoms with E-state index in [2.05, 4.69) is 17.1 Å². The topological polar surface area (TPSA) is 74.9 Å².